The molecule has 1 saturated heterocycles. The van der Waals surface area contributed by atoms with Crippen LogP contribution < -0.4 is 10.2 Å². The predicted octanol–water partition coefficient (Wildman–Crippen LogP) is 1.04. The van der Waals surface area contributed by atoms with Crippen LogP contribution in [0.1, 0.15) is 6.42 Å². The summed E-state index contributed by atoms with van der Waals surface area (Å²) >= 11 is 0. The second kappa shape index (κ2) is 5.09. The fourth-order valence-electron chi connectivity index (χ4n) is 2.20. The lowest BCUT2D eigenvalue weighted by atomic mass is 10.1. The highest BCUT2D eigenvalue weighted by Gasteiger charge is 2.23. The molecule has 0 amide bonds. The van der Waals surface area contributed by atoms with Gasteiger partial charge in [-0.05, 0) is 41.9 Å². The monoisotopic (exact) mass is 236 g/mol. The summed E-state index contributed by atoms with van der Waals surface area (Å²) in [6, 6.07) is 3.23. The molecule has 2 heterocycles. The smallest absolute Gasteiger partial charge is 0.363 e. The van der Waals surface area contributed by atoms with Crippen molar-refractivity contribution in [1.29, 1.82) is 0 Å². The van der Waals surface area contributed by atoms with E-state index in [0.29, 0.717) is 5.92 Å². The highest BCUT2D eigenvalue weighted by atomic mass is 16.6. The maximum absolute atomic E-state index is 10.5. The number of nitro groups is 1. The Labute approximate surface area is 99.8 Å². The fraction of sp³-hybridized carbons (Fsp3) is 0.545. The zero-order valence-corrected chi connectivity index (χ0v) is 9.80. The van der Waals surface area contributed by atoms with E-state index in [1.807, 2.05) is 7.05 Å². The molecule has 1 aromatic heterocycles. The molecule has 0 spiro atoms. The first kappa shape index (κ1) is 11.8. The standard InChI is InChI=1S/C11H16N4O2/c1-12-6-9-4-5-14(8-9)10-2-3-11(13-7-10)15(16)17/h2-3,7,9,12H,4-6,8H2,1H3. The van der Waals surface area contributed by atoms with Crippen LogP contribution in [0.25, 0.3) is 0 Å². The molecule has 1 N–H and O–H groups in total. The Kier molecular flexibility index (Phi) is 3.53. The number of aromatic nitrogens is 1. The number of hydrogen-bond acceptors (Lipinski definition) is 5. The van der Waals surface area contributed by atoms with Gasteiger partial charge in [0, 0.05) is 19.2 Å². The lowest BCUT2D eigenvalue weighted by molar-refractivity contribution is -0.389. The van der Waals surface area contributed by atoms with Gasteiger partial charge >= 0.3 is 5.82 Å². The molecule has 0 bridgehead atoms. The molecular weight excluding hydrogens is 220 g/mol. The first-order valence-electron chi connectivity index (χ1n) is 5.70. The molecule has 6 nitrogen and oxygen atoms in total. The zero-order valence-electron chi connectivity index (χ0n) is 9.80. The van der Waals surface area contributed by atoms with E-state index >= 15 is 0 Å². The number of hydrogen-bond donors (Lipinski definition) is 1. The van der Waals surface area contributed by atoms with E-state index < -0.39 is 4.92 Å². The number of nitrogens with one attached hydrogen (secondary N) is 1. The molecule has 0 aliphatic carbocycles. The quantitative estimate of drug-likeness (QED) is 0.624. The van der Waals surface area contributed by atoms with Gasteiger partial charge in [0.05, 0.1) is 5.69 Å². The van der Waals surface area contributed by atoms with E-state index in [1.165, 1.54) is 6.07 Å². The average Bonchev–Trinajstić information content (AvgIpc) is 2.78. The molecule has 17 heavy (non-hydrogen) atoms. The predicted molar refractivity (Wildman–Crippen MR) is 65.1 cm³/mol. The average molecular weight is 236 g/mol. The summed E-state index contributed by atoms with van der Waals surface area (Å²) in [5.74, 6) is 0.551. The Morgan fingerprint density at radius 1 is 1.65 bits per heavy atom. The molecule has 1 fully saturated rings. The molecule has 92 valence electrons. The summed E-state index contributed by atoms with van der Waals surface area (Å²) in [5, 5.41) is 13.7. The Morgan fingerprint density at radius 3 is 3.06 bits per heavy atom. The minimum Gasteiger partial charge on any atom is -0.368 e. The molecule has 1 aliphatic rings. The lowest BCUT2D eigenvalue weighted by Crippen LogP contribution is -2.24. The first-order chi connectivity index (χ1) is 8.20. The summed E-state index contributed by atoms with van der Waals surface area (Å²) in [5.41, 5.74) is 0.967. The van der Waals surface area contributed by atoms with Gasteiger partial charge in [0.15, 0.2) is 6.20 Å². The molecule has 0 aromatic carbocycles. The van der Waals surface area contributed by atoms with Crippen molar-refractivity contribution in [2.75, 3.05) is 31.6 Å². The third kappa shape index (κ3) is 2.71. The van der Waals surface area contributed by atoms with Crippen LogP contribution in [0.3, 0.4) is 0 Å². The molecule has 6 heteroatoms. The van der Waals surface area contributed by atoms with Crippen LogP contribution in [-0.4, -0.2) is 36.6 Å². The molecule has 1 atom stereocenters. The zero-order chi connectivity index (χ0) is 12.3. The molecule has 0 saturated carbocycles. The van der Waals surface area contributed by atoms with Crippen molar-refractivity contribution in [2.45, 2.75) is 6.42 Å². The van der Waals surface area contributed by atoms with Gasteiger partial charge in [0.25, 0.3) is 0 Å². The first-order valence-corrected chi connectivity index (χ1v) is 5.70. The maximum Gasteiger partial charge on any atom is 0.363 e. The lowest BCUT2D eigenvalue weighted by Gasteiger charge is -2.16. The van der Waals surface area contributed by atoms with E-state index in [2.05, 4.69) is 15.2 Å². The molecule has 1 aliphatic heterocycles. The Morgan fingerprint density at radius 2 is 2.47 bits per heavy atom. The van der Waals surface area contributed by atoms with Crippen molar-refractivity contribution in [1.82, 2.24) is 10.3 Å². The molecule has 2 rings (SSSR count). The minimum absolute atomic E-state index is 0.0975. The highest BCUT2D eigenvalue weighted by molar-refractivity contribution is 5.47. The minimum atomic E-state index is -0.475. The SMILES string of the molecule is CNCC1CCN(c2ccc([N+](=O)[O-])nc2)C1. The molecule has 0 radical (unpaired) electrons. The largest absolute Gasteiger partial charge is 0.368 e. The van der Waals surface area contributed by atoms with Crippen LogP contribution in [-0.2, 0) is 0 Å². The summed E-state index contributed by atoms with van der Waals surface area (Å²) in [6.07, 6.45) is 2.73. The summed E-state index contributed by atoms with van der Waals surface area (Å²) in [4.78, 5) is 16.1. The van der Waals surface area contributed by atoms with E-state index in [-0.39, 0.29) is 5.82 Å². The van der Waals surface area contributed by atoms with Crippen molar-refractivity contribution in [3.63, 3.8) is 0 Å². The van der Waals surface area contributed by atoms with Gasteiger partial charge in [-0.2, -0.15) is 0 Å². The van der Waals surface area contributed by atoms with Crippen molar-refractivity contribution >= 4 is 11.5 Å². The maximum atomic E-state index is 10.5. The van der Waals surface area contributed by atoms with Crippen LogP contribution in [0.2, 0.25) is 0 Å². The van der Waals surface area contributed by atoms with Gasteiger partial charge in [-0.1, -0.05) is 0 Å². The Bertz CT molecular complexity index is 393. The van der Waals surface area contributed by atoms with Gasteiger partial charge < -0.3 is 20.3 Å². The van der Waals surface area contributed by atoms with E-state index in [9.17, 15) is 10.1 Å². The van der Waals surface area contributed by atoms with Crippen molar-refractivity contribution in [3.05, 3.63) is 28.4 Å². The third-order valence-electron chi connectivity index (χ3n) is 3.06. The van der Waals surface area contributed by atoms with Gasteiger partial charge in [0.1, 0.15) is 0 Å². The number of pyridine rings is 1. The van der Waals surface area contributed by atoms with Crippen molar-refractivity contribution in [2.24, 2.45) is 5.92 Å². The van der Waals surface area contributed by atoms with Crippen molar-refractivity contribution < 1.29 is 4.92 Å². The normalized spacial score (nSPS) is 19.6. The van der Waals surface area contributed by atoms with Crippen LogP contribution in [0, 0.1) is 16.0 Å². The summed E-state index contributed by atoms with van der Waals surface area (Å²) in [6.45, 7) is 2.99. The van der Waals surface area contributed by atoms with E-state index in [0.717, 1.165) is 31.7 Å². The van der Waals surface area contributed by atoms with Crippen LogP contribution in [0.15, 0.2) is 18.3 Å². The van der Waals surface area contributed by atoms with Gasteiger partial charge in [0.2, 0.25) is 0 Å². The Hall–Kier alpha value is -1.69. The fourth-order valence-corrected chi connectivity index (χ4v) is 2.20. The van der Waals surface area contributed by atoms with E-state index in [4.69, 9.17) is 0 Å². The van der Waals surface area contributed by atoms with Gasteiger partial charge in [-0.25, -0.2) is 0 Å². The van der Waals surface area contributed by atoms with Crippen LogP contribution >= 0.6 is 0 Å². The van der Waals surface area contributed by atoms with Crippen LogP contribution in [0.5, 0.6) is 0 Å². The van der Waals surface area contributed by atoms with Crippen molar-refractivity contribution in [3.8, 4) is 0 Å². The van der Waals surface area contributed by atoms with Gasteiger partial charge in [-0.3, -0.25) is 0 Å². The molecule has 1 aromatic rings. The highest BCUT2D eigenvalue weighted by Crippen LogP contribution is 2.23. The second-order valence-electron chi connectivity index (χ2n) is 4.29. The number of rotatable bonds is 4. The van der Waals surface area contributed by atoms with Gasteiger partial charge in [-0.15, -0.1) is 0 Å². The summed E-state index contributed by atoms with van der Waals surface area (Å²) < 4.78 is 0. The second-order valence-corrected chi connectivity index (χ2v) is 4.29. The summed E-state index contributed by atoms with van der Waals surface area (Å²) in [7, 11) is 1.95. The van der Waals surface area contributed by atoms with Crippen LogP contribution in [0.4, 0.5) is 11.5 Å². The molecular formula is C11H16N4O2. The third-order valence-corrected chi connectivity index (χ3v) is 3.06. The topological polar surface area (TPSA) is 71.3 Å². The molecule has 1 unspecified atom stereocenters. The Balaban J connectivity index is 2.01. The number of nitrogens with zero attached hydrogens (tertiary/aromatic N) is 3. The number of anilines is 1. The van der Waals surface area contributed by atoms with E-state index in [1.54, 1.807) is 12.3 Å².